The predicted octanol–water partition coefficient (Wildman–Crippen LogP) is 4.64. The molecule has 128 valence electrons. The van der Waals surface area contributed by atoms with Gasteiger partial charge in [-0.05, 0) is 23.6 Å². The number of rotatable bonds is 5. The number of nitrogens with one attached hydrogen (secondary N) is 2. The first-order valence-corrected chi connectivity index (χ1v) is 8.41. The maximum atomic E-state index is 12.3. The number of anilines is 2. The van der Waals surface area contributed by atoms with Gasteiger partial charge in [0.2, 0.25) is 11.8 Å². The molecule has 0 radical (unpaired) electrons. The van der Waals surface area contributed by atoms with Crippen LogP contribution in [0.25, 0.3) is 0 Å². The number of alkyl halides is 1. The highest BCUT2D eigenvalue weighted by molar-refractivity contribution is 6.17. The summed E-state index contributed by atoms with van der Waals surface area (Å²) in [6, 6.07) is 5.37. The van der Waals surface area contributed by atoms with Crippen LogP contribution >= 0.6 is 11.6 Å². The molecular weight excluding hydrogens is 312 g/mol. The smallest absolute Gasteiger partial charge is 0.229 e. The average molecular weight is 339 g/mol. The summed E-state index contributed by atoms with van der Waals surface area (Å²) in [7, 11) is 0. The molecule has 1 rings (SSSR count). The van der Waals surface area contributed by atoms with Crippen molar-refractivity contribution in [2.75, 3.05) is 10.6 Å². The zero-order valence-electron chi connectivity index (χ0n) is 14.8. The summed E-state index contributed by atoms with van der Waals surface area (Å²) in [4.78, 5) is 24.4. The number of carbonyl (C=O) groups is 2. The lowest BCUT2D eigenvalue weighted by molar-refractivity contribution is -0.123. The first-order valence-electron chi connectivity index (χ1n) is 7.87. The fraction of sp³-hybridized carbons (Fsp3) is 0.556. The molecule has 1 atom stereocenters. The fourth-order valence-electron chi connectivity index (χ4n) is 1.76. The molecule has 4 nitrogen and oxygen atoms in total. The van der Waals surface area contributed by atoms with Crippen LogP contribution in [-0.4, -0.2) is 11.8 Å². The number of halogens is 1. The Hall–Kier alpha value is -1.55. The van der Waals surface area contributed by atoms with Crippen molar-refractivity contribution in [3.05, 3.63) is 23.8 Å². The molecule has 0 bridgehead atoms. The van der Waals surface area contributed by atoms with Crippen molar-refractivity contribution in [2.24, 2.45) is 17.3 Å². The molecule has 0 heterocycles. The largest absolute Gasteiger partial charge is 0.326 e. The Morgan fingerprint density at radius 1 is 1.13 bits per heavy atom. The molecule has 2 amide bonds. The Balaban J connectivity index is 3.00. The van der Waals surface area contributed by atoms with E-state index < -0.39 is 5.41 Å². The van der Waals surface area contributed by atoms with E-state index in [1.165, 1.54) is 0 Å². The molecular formula is C18H27ClN2O2. The summed E-state index contributed by atoms with van der Waals surface area (Å²) in [5, 5.41) is 5.79. The van der Waals surface area contributed by atoms with E-state index in [9.17, 15) is 9.59 Å². The first kappa shape index (κ1) is 19.5. The predicted molar refractivity (Wildman–Crippen MR) is 96.7 cm³/mol. The van der Waals surface area contributed by atoms with Gasteiger partial charge in [-0.3, -0.25) is 9.59 Å². The minimum atomic E-state index is -0.485. The van der Waals surface area contributed by atoms with E-state index in [0.717, 1.165) is 5.56 Å². The van der Waals surface area contributed by atoms with Crippen molar-refractivity contribution in [2.45, 2.75) is 47.4 Å². The third kappa shape index (κ3) is 5.54. The highest BCUT2D eigenvalue weighted by atomic mass is 35.5. The second-order valence-electron chi connectivity index (χ2n) is 7.23. The van der Waals surface area contributed by atoms with Crippen LogP contribution in [0.4, 0.5) is 11.4 Å². The SMILES string of the molecule is CC(C)C(C)C(=O)Nc1cc(NC(=O)C(C)(C)C)ccc1CCl. The molecule has 2 N–H and O–H groups in total. The first-order chi connectivity index (χ1) is 10.6. The summed E-state index contributed by atoms with van der Waals surface area (Å²) < 4.78 is 0. The van der Waals surface area contributed by atoms with E-state index in [4.69, 9.17) is 11.6 Å². The minimum Gasteiger partial charge on any atom is -0.326 e. The van der Waals surface area contributed by atoms with Crippen LogP contribution in [0.3, 0.4) is 0 Å². The van der Waals surface area contributed by atoms with E-state index in [2.05, 4.69) is 10.6 Å². The van der Waals surface area contributed by atoms with Gasteiger partial charge >= 0.3 is 0 Å². The molecule has 1 aromatic rings. The van der Waals surface area contributed by atoms with Crippen LogP contribution in [0.1, 0.15) is 47.1 Å². The van der Waals surface area contributed by atoms with E-state index in [1.54, 1.807) is 12.1 Å². The molecule has 5 heteroatoms. The number of hydrogen-bond donors (Lipinski definition) is 2. The van der Waals surface area contributed by atoms with Crippen LogP contribution in [0.15, 0.2) is 18.2 Å². The van der Waals surface area contributed by atoms with Gasteiger partial charge in [0, 0.05) is 28.6 Å². The summed E-state index contributed by atoms with van der Waals surface area (Å²) >= 11 is 5.95. The van der Waals surface area contributed by atoms with E-state index in [0.29, 0.717) is 17.3 Å². The fourth-order valence-corrected chi connectivity index (χ4v) is 1.99. The van der Waals surface area contributed by atoms with Gasteiger partial charge in [-0.1, -0.05) is 47.6 Å². The van der Waals surface area contributed by atoms with E-state index in [-0.39, 0.29) is 23.7 Å². The van der Waals surface area contributed by atoms with Gasteiger partial charge in [-0.25, -0.2) is 0 Å². The van der Waals surface area contributed by atoms with Gasteiger partial charge in [0.05, 0.1) is 0 Å². The normalized spacial score (nSPS) is 12.9. The molecule has 0 aromatic heterocycles. The molecule has 0 fully saturated rings. The Morgan fingerprint density at radius 2 is 1.74 bits per heavy atom. The zero-order chi connectivity index (χ0) is 17.8. The lowest BCUT2D eigenvalue weighted by Crippen LogP contribution is -2.28. The Bertz CT molecular complexity index is 577. The number of carbonyl (C=O) groups excluding carboxylic acids is 2. The Morgan fingerprint density at radius 3 is 2.22 bits per heavy atom. The highest BCUT2D eigenvalue weighted by Crippen LogP contribution is 2.25. The number of hydrogen-bond acceptors (Lipinski definition) is 2. The van der Waals surface area contributed by atoms with Gasteiger partial charge in [0.1, 0.15) is 0 Å². The maximum absolute atomic E-state index is 12.3. The van der Waals surface area contributed by atoms with Crippen molar-refractivity contribution in [1.82, 2.24) is 0 Å². The van der Waals surface area contributed by atoms with E-state index in [1.807, 2.05) is 47.6 Å². The summed E-state index contributed by atoms with van der Waals surface area (Å²) in [6.07, 6.45) is 0. The van der Waals surface area contributed by atoms with Gasteiger partial charge < -0.3 is 10.6 Å². The standard InChI is InChI=1S/C18H27ClN2O2/c1-11(2)12(3)16(22)21-15-9-14(8-7-13(15)10-19)20-17(23)18(4,5)6/h7-9,11-12H,10H2,1-6H3,(H,20,23)(H,21,22). The van der Waals surface area contributed by atoms with Crippen LogP contribution in [0.5, 0.6) is 0 Å². The minimum absolute atomic E-state index is 0.0503. The van der Waals surface area contributed by atoms with Crippen molar-refractivity contribution >= 4 is 34.8 Å². The van der Waals surface area contributed by atoms with Crippen molar-refractivity contribution in [3.63, 3.8) is 0 Å². The van der Waals surface area contributed by atoms with Gasteiger partial charge in [-0.15, -0.1) is 11.6 Å². The molecule has 1 aromatic carbocycles. The average Bonchev–Trinajstić information content (AvgIpc) is 2.45. The second-order valence-corrected chi connectivity index (χ2v) is 7.50. The van der Waals surface area contributed by atoms with E-state index >= 15 is 0 Å². The molecule has 23 heavy (non-hydrogen) atoms. The lowest BCUT2D eigenvalue weighted by Gasteiger charge is -2.20. The highest BCUT2D eigenvalue weighted by Gasteiger charge is 2.22. The van der Waals surface area contributed by atoms with Gasteiger partial charge in [0.25, 0.3) is 0 Å². The molecule has 0 spiro atoms. The Labute approximate surface area is 144 Å². The molecule has 1 unspecified atom stereocenters. The molecule has 0 aliphatic heterocycles. The number of benzene rings is 1. The molecule has 0 aliphatic rings. The molecule has 0 saturated heterocycles. The lowest BCUT2D eigenvalue weighted by atomic mass is 9.95. The van der Waals surface area contributed by atoms with Crippen LogP contribution < -0.4 is 10.6 Å². The van der Waals surface area contributed by atoms with Crippen LogP contribution in [-0.2, 0) is 15.5 Å². The van der Waals surface area contributed by atoms with Crippen LogP contribution in [0.2, 0.25) is 0 Å². The topological polar surface area (TPSA) is 58.2 Å². The zero-order valence-corrected chi connectivity index (χ0v) is 15.5. The number of amides is 2. The van der Waals surface area contributed by atoms with Gasteiger partial charge in [-0.2, -0.15) is 0 Å². The molecule has 0 aliphatic carbocycles. The summed E-state index contributed by atoms with van der Waals surface area (Å²) in [5.41, 5.74) is 1.63. The van der Waals surface area contributed by atoms with Crippen molar-refractivity contribution < 1.29 is 9.59 Å². The maximum Gasteiger partial charge on any atom is 0.229 e. The summed E-state index contributed by atoms with van der Waals surface area (Å²) in [5.74, 6) is 0.304. The van der Waals surface area contributed by atoms with Gasteiger partial charge in [0.15, 0.2) is 0 Å². The monoisotopic (exact) mass is 338 g/mol. The second kappa shape index (κ2) is 7.82. The Kier molecular flexibility index (Phi) is 6.63. The van der Waals surface area contributed by atoms with Crippen molar-refractivity contribution in [1.29, 1.82) is 0 Å². The van der Waals surface area contributed by atoms with Crippen molar-refractivity contribution in [3.8, 4) is 0 Å². The molecule has 0 saturated carbocycles. The quantitative estimate of drug-likeness (QED) is 0.768. The summed E-state index contributed by atoms with van der Waals surface area (Å²) in [6.45, 7) is 11.5. The third-order valence-corrected chi connectivity index (χ3v) is 4.15. The van der Waals surface area contributed by atoms with Crippen LogP contribution in [0, 0.1) is 17.3 Å². The third-order valence-electron chi connectivity index (χ3n) is 3.86.